The smallest absolute Gasteiger partial charge is 0.250 e. The Hall–Kier alpha value is -2.20. The van der Waals surface area contributed by atoms with Crippen molar-refractivity contribution in [2.24, 2.45) is 5.73 Å². The van der Waals surface area contributed by atoms with E-state index in [1.165, 1.54) is 6.07 Å². The summed E-state index contributed by atoms with van der Waals surface area (Å²) in [6.07, 6.45) is 0.836. The molecule has 2 rings (SSSR count). The number of primary amides is 1. The predicted molar refractivity (Wildman–Crippen MR) is 87.5 cm³/mol. The zero-order valence-electron chi connectivity index (χ0n) is 11.8. The highest BCUT2D eigenvalue weighted by Crippen LogP contribution is 2.33. The Morgan fingerprint density at radius 1 is 1.29 bits per heavy atom. The average molecular weight is 304 g/mol. The summed E-state index contributed by atoms with van der Waals surface area (Å²) in [6, 6.07) is 13.1. The van der Waals surface area contributed by atoms with Gasteiger partial charge in [-0.25, -0.2) is 0 Å². The molecule has 0 spiro atoms. The Morgan fingerprint density at radius 2 is 1.95 bits per heavy atom. The van der Waals surface area contributed by atoms with Crippen LogP contribution in [-0.4, -0.2) is 5.91 Å². The van der Waals surface area contributed by atoms with Crippen LogP contribution in [-0.2, 0) is 0 Å². The van der Waals surface area contributed by atoms with Crippen LogP contribution in [0.25, 0.3) is 0 Å². The lowest BCUT2D eigenvalue weighted by atomic mass is 10.0. The first-order chi connectivity index (χ1) is 10.0. The highest BCUT2D eigenvalue weighted by atomic mass is 35.5. The maximum atomic E-state index is 11.6. The van der Waals surface area contributed by atoms with Crippen LogP contribution in [0.4, 0.5) is 11.4 Å². The summed E-state index contributed by atoms with van der Waals surface area (Å²) >= 11 is 6.22. The molecule has 2 aromatic carbocycles. The van der Waals surface area contributed by atoms with Crippen LogP contribution in [0.2, 0.25) is 5.02 Å². The minimum absolute atomic E-state index is 0.0328. The van der Waals surface area contributed by atoms with Crippen LogP contribution in [0, 0.1) is 0 Å². The summed E-state index contributed by atoms with van der Waals surface area (Å²) < 4.78 is 0. The SMILES string of the molecule is CCC(Nc1c(Cl)cc(N)cc1C(N)=O)c1ccccc1. The van der Waals surface area contributed by atoms with Gasteiger partial charge in [0.1, 0.15) is 0 Å². The minimum Gasteiger partial charge on any atom is -0.399 e. The number of carbonyl (C=O) groups excluding carboxylic acids is 1. The van der Waals surface area contributed by atoms with Gasteiger partial charge in [-0.2, -0.15) is 0 Å². The lowest BCUT2D eigenvalue weighted by molar-refractivity contribution is 0.100. The zero-order valence-corrected chi connectivity index (χ0v) is 12.5. The van der Waals surface area contributed by atoms with Crippen LogP contribution in [0.1, 0.15) is 35.3 Å². The van der Waals surface area contributed by atoms with Gasteiger partial charge < -0.3 is 16.8 Å². The number of hydrogen-bond donors (Lipinski definition) is 3. The molecule has 4 nitrogen and oxygen atoms in total. The van der Waals surface area contributed by atoms with Crippen molar-refractivity contribution in [3.8, 4) is 0 Å². The summed E-state index contributed by atoms with van der Waals surface area (Å²) in [4.78, 5) is 11.6. The summed E-state index contributed by atoms with van der Waals surface area (Å²) in [5.74, 6) is -0.561. The second kappa shape index (κ2) is 6.50. The van der Waals surface area contributed by atoms with Gasteiger partial charge in [-0.3, -0.25) is 4.79 Å². The number of carbonyl (C=O) groups is 1. The van der Waals surface area contributed by atoms with E-state index < -0.39 is 5.91 Å². The van der Waals surface area contributed by atoms with Gasteiger partial charge >= 0.3 is 0 Å². The molecule has 110 valence electrons. The Kier molecular flexibility index (Phi) is 4.70. The summed E-state index contributed by atoms with van der Waals surface area (Å²) in [5.41, 5.74) is 13.5. The zero-order chi connectivity index (χ0) is 15.4. The van der Waals surface area contributed by atoms with Gasteiger partial charge in [-0.1, -0.05) is 48.9 Å². The average Bonchev–Trinajstić information content (AvgIpc) is 2.46. The molecule has 0 heterocycles. The van der Waals surface area contributed by atoms with E-state index in [0.29, 0.717) is 22.0 Å². The first-order valence-corrected chi connectivity index (χ1v) is 7.11. The van der Waals surface area contributed by atoms with Gasteiger partial charge in [-0.05, 0) is 24.1 Å². The van der Waals surface area contributed by atoms with Gasteiger partial charge in [0.15, 0.2) is 0 Å². The van der Waals surface area contributed by atoms with E-state index in [1.54, 1.807) is 6.07 Å². The van der Waals surface area contributed by atoms with E-state index in [0.717, 1.165) is 12.0 Å². The monoisotopic (exact) mass is 303 g/mol. The van der Waals surface area contributed by atoms with Gasteiger partial charge in [0.25, 0.3) is 5.91 Å². The fourth-order valence-electron chi connectivity index (χ4n) is 2.25. The number of nitrogens with two attached hydrogens (primary N) is 2. The molecule has 2 aromatic rings. The van der Waals surface area contributed by atoms with Crippen LogP contribution in [0.5, 0.6) is 0 Å². The highest BCUT2D eigenvalue weighted by Gasteiger charge is 2.17. The van der Waals surface area contributed by atoms with Gasteiger partial charge in [-0.15, -0.1) is 0 Å². The molecule has 21 heavy (non-hydrogen) atoms. The normalized spacial score (nSPS) is 11.9. The number of hydrogen-bond acceptors (Lipinski definition) is 3. The molecule has 0 aromatic heterocycles. The van der Waals surface area contributed by atoms with Crippen molar-refractivity contribution in [2.75, 3.05) is 11.1 Å². The van der Waals surface area contributed by atoms with Crippen molar-refractivity contribution >= 4 is 28.9 Å². The molecule has 0 aliphatic rings. The maximum absolute atomic E-state index is 11.6. The van der Waals surface area contributed by atoms with Gasteiger partial charge in [0.05, 0.1) is 22.3 Å². The molecule has 0 aliphatic heterocycles. The molecular weight excluding hydrogens is 286 g/mol. The lowest BCUT2D eigenvalue weighted by Gasteiger charge is -2.21. The first kappa shape index (κ1) is 15.2. The third-order valence-corrected chi connectivity index (χ3v) is 3.60. The number of benzene rings is 2. The molecule has 1 amide bonds. The van der Waals surface area contributed by atoms with Crippen molar-refractivity contribution in [1.29, 1.82) is 0 Å². The van der Waals surface area contributed by atoms with Crippen molar-refractivity contribution in [3.63, 3.8) is 0 Å². The number of amides is 1. The topological polar surface area (TPSA) is 81.1 Å². The summed E-state index contributed by atoms with van der Waals surface area (Å²) in [7, 11) is 0. The second-order valence-electron chi connectivity index (χ2n) is 4.81. The van der Waals surface area contributed by atoms with Crippen LogP contribution in [0.15, 0.2) is 42.5 Å². The number of anilines is 2. The van der Waals surface area contributed by atoms with E-state index in [9.17, 15) is 4.79 Å². The summed E-state index contributed by atoms with van der Waals surface area (Å²) in [6.45, 7) is 2.06. The quantitative estimate of drug-likeness (QED) is 0.738. The Labute approximate surface area is 129 Å². The summed E-state index contributed by atoms with van der Waals surface area (Å²) in [5, 5.41) is 3.69. The number of halogens is 1. The van der Waals surface area contributed by atoms with Gasteiger partial charge in [0.2, 0.25) is 0 Å². The largest absolute Gasteiger partial charge is 0.399 e. The second-order valence-corrected chi connectivity index (χ2v) is 5.21. The lowest BCUT2D eigenvalue weighted by Crippen LogP contribution is -2.18. The fourth-order valence-corrected chi connectivity index (χ4v) is 2.53. The third-order valence-electron chi connectivity index (χ3n) is 3.31. The van der Waals surface area contributed by atoms with E-state index in [1.807, 2.05) is 30.3 Å². The molecule has 0 radical (unpaired) electrons. The molecule has 0 fully saturated rings. The molecule has 1 unspecified atom stereocenters. The number of nitrogens with one attached hydrogen (secondary N) is 1. The van der Waals surface area contributed by atoms with Crippen molar-refractivity contribution in [2.45, 2.75) is 19.4 Å². The molecule has 0 aliphatic carbocycles. The highest BCUT2D eigenvalue weighted by molar-refractivity contribution is 6.34. The Bertz CT molecular complexity index is 643. The van der Waals surface area contributed by atoms with Crippen molar-refractivity contribution < 1.29 is 4.79 Å². The van der Waals surface area contributed by atoms with Gasteiger partial charge in [0, 0.05) is 5.69 Å². The number of rotatable bonds is 5. The van der Waals surface area contributed by atoms with E-state index >= 15 is 0 Å². The Balaban J connectivity index is 2.40. The molecule has 0 bridgehead atoms. The van der Waals surface area contributed by atoms with Crippen molar-refractivity contribution in [3.05, 3.63) is 58.6 Å². The molecule has 1 atom stereocenters. The van der Waals surface area contributed by atoms with Crippen LogP contribution >= 0.6 is 11.6 Å². The van der Waals surface area contributed by atoms with E-state index in [2.05, 4.69) is 12.2 Å². The predicted octanol–water partition coefficient (Wildman–Crippen LogP) is 3.58. The Morgan fingerprint density at radius 3 is 2.52 bits per heavy atom. The van der Waals surface area contributed by atoms with E-state index in [-0.39, 0.29) is 6.04 Å². The standard InChI is InChI=1S/C16H18ClN3O/c1-2-14(10-6-4-3-5-7-10)20-15-12(16(19)21)8-11(18)9-13(15)17/h3-9,14,20H,2,18H2,1H3,(H2,19,21). The number of nitrogen functional groups attached to an aromatic ring is 1. The maximum Gasteiger partial charge on any atom is 0.250 e. The van der Waals surface area contributed by atoms with Crippen molar-refractivity contribution in [1.82, 2.24) is 0 Å². The van der Waals surface area contributed by atoms with E-state index in [4.69, 9.17) is 23.1 Å². The fraction of sp³-hybridized carbons (Fsp3) is 0.188. The first-order valence-electron chi connectivity index (χ1n) is 6.73. The molecular formula is C16H18ClN3O. The molecule has 5 heteroatoms. The third kappa shape index (κ3) is 3.47. The van der Waals surface area contributed by atoms with Crippen LogP contribution < -0.4 is 16.8 Å². The molecule has 0 saturated heterocycles. The molecule has 0 saturated carbocycles. The molecule has 5 N–H and O–H groups in total. The van der Waals surface area contributed by atoms with Crippen LogP contribution in [0.3, 0.4) is 0 Å². The minimum atomic E-state index is -0.561.